The first kappa shape index (κ1) is 31.1. The third-order valence-electron chi connectivity index (χ3n) is 7.86. The highest BCUT2D eigenvalue weighted by Crippen LogP contribution is 2.35. The lowest BCUT2D eigenvalue weighted by Crippen LogP contribution is -2.40. The fourth-order valence-electron chi connectivity index (χ4n) is 5.55. The molecule has 0 aliphatic carbocycles. The highest BCUT2D eigenvalue weighted by molar-refractivity contribution is 7.09. The number of hydrogen-bond donors (Lipinski definition) is 1. The Morgan fingerprint density at radius 2 is 1.89 bits per heavy atom. The first-order chi connectivity index (χ1) is 21.3. The van der Waals surface area contributed by atoms with Crippen molar-refractivity contribution in [3.63, 3.8) is 0 Å². The molecule has 0 bridgehead atoms. The van der Waals surface area contributed by atoms with Crippen LogP contribution in [0.15, 0.2) is 53.7 Å². The average Bonchev–Trinajstić information content (AvgIpc) is 3.69. The second kappa shape index (κ2) is 13.9. The second-order valence-corrected chi connectivity index (χ2v) is 12.2. The number of hydrogen-bond acceptors (Lipinski definition) is 9. The predicted octanol–water partition coefficient (Wildman–Crippen LogP) is 4.86. The maximum Gasteiger partial charge on any atom is 0.295 e. The Bertz CT molecular complexity index is 1710. The van der Waals surface area contributed by atoms with Crippen LogP contribution in [0.25, 0.3) is 27.9 Å². The number of likely N-dealkylation sites (tertiary alicyclic amines) is 1. The lowest BCUT2D eigenvalue weighted by Gasteiger charge is -2.28. The van der Waals surface area contributed by atoms with Crippen molar-refractivity contribution in [2.45, 2.75) is 25.8 Å². The zero-order chi connectivity index (χ0) is 31.2. The van der Waals surface area contributed by atoms with E-state index in [1.807, 2.05) is 35.7 Å². The molecule has 4 aromatic rings. The van der Waals surface area contributed by atoms with Gasteiger partial charge in [0.05, 0.1) is 48.0 Å². The number of piperidine rings is 1. The summed E-state index contributed by atoms with van der Waals surface area (Å²) in [5.41, 5.74) is 4.66. The molecule has 4 heterocycles. The van der Waals surface area contributed by atoms with Crippen LogP contribution in [0.5, 0.6) is 5.75 Å². The smallest absolute Gasteiger partial charge is 0.295 e. The zero-order valence-electron chi connectivity index (χ0n) is 25.6. The molecule has 1 aliphatic heterocycles. The summed E-state index contributed by atoms with van der Waals surface area (Å²) in [6.45, 7) is 3.47. The molecule has 1 fully saturated rings. The summed E-state index contributed by atoms with van der Waals surface area (Å²) in [6, 6.07) is 11.9. The minimum Gasteiger partial charge on any atom is -0.494 e. The maximum absolute atomic E-state index is 13.6. The Hall–Kier alpha value is -4.37. The molecule has 1 aromatic carbocycles. The van der Waals surface area contributed by atoms with E-state index >= 15 is 0 Å². The normalized spacial score (nSPS) is 13.5. The highest BCUT2D eigenvalue weighted by Gasteiger charge is 2.30. The molecule has 0 saturated carbocycles. The van der Waals surface area contributed by atoms with Crippen molar-refractivity contribution < 1.29 is 14.3 Å². The number of ether oxygens (including phenoxy) is 1. The lowest BCUT2D eigenvalue weighted by molar-refractivity contribution is -0.126. The number of rotatable bonds is 11. The van der Waals surface area contributed by atoms with Crippen LogP contribution in [0.4, 0.5) is 0 Å². The number of benzene rings is 1. The van der Waals surface area contributed by atoms with Crippen LogP contribution in [0.1, 0.15) is 40.2 Å². The monoisotopic (exact) mass is 611 g/mol. The van der Waals surface area contributed by atoms with Crippen LogP contribution in [0, 0.1) is 11.3 Å². The maximum atomic E-state index is 13.6. The van der Waals surface area contributed by atoms with Crippen LogP contribution in [0.2, 0.25) is 0 Å². The molecule has 1 N–H and O–H groups in total. The van der Waals surface area contributed by atoms with Gasteiger partial charge in [0.1, 0.15) is 22.1 Å². The van der Waals surface area contributed by atoms with Gasteiger partial charge in [-0.25, -0.2) is 9.97 Å². The summed E-state index contributed by atoms with van der Waals surface area (Å²) in [7, 11) is 7.76. The Morgan fingerprint density at radius 1 is 1.14 bits per heavy atom. The van der Waals surface area contributed by atoms with Crippen LogP contribution < -0.4 is 4.74 Å². The summed E-state index contributed by atoms with van der Waals surface area (Å²) in [5.74, 6) is -0.777. The van der Waals surface area contributed by atoms with Gasteiger partial charge in [-0.05, 0) is 64.6 Å². The van der Waals surface area contributed by atoms with Crippen molar-refractivity contribution in [2.24, 2.45) is 0 Å². The summed E-state index contributed by atoms with van der Waals surface area (Å²) < 4.78 is 5.58. The number of nitrogens with one attached hydrogen (secondary N) is 1. The predicted molar refractivity (Wildman–Crippen MR) is 172 cm³/mol. The third-order valence-corrected chi connectivity index (χ3v) is 8.69. The quantitative estimate of drug-likeness (QED) is 0.145. The fourth-order valence-corrected chi connectivity index (χ4v) is 6.40. The van der Waals surface area contributed by atoms with E-state index in [1.165, 1.54) is 7.11 Å². The number of carbonyl (C=O) groups is 2. The van der Waals surface area contributed by atoms with E-state index in [2.05, 4.69) is 47.0 Å². The Kier molecular flexibility index (Phi) is 9.85. The molecule has 3 aromatic heterocycles. The number of allylic oxidation sites excluding steroid dienone is 1. The van der Waals surface area contributed by atoms with Crippen LogP contribution in [-0.2, 0) is 11.3 Å². The minimum atomic E-state index is -0.610. The Balaban J connectivity index is 1.33. The molecule has 228 valence electrons. The van der Waals surface area contributed by atoms with Gasteiger partial charge in [-0.2, -0.15) is 5.26 Å². The van der Waals surface area contributed by atoms with Crippen molar-refractivity contribution in [3.05, 3.63) is 69.8 Å². The number of nitrogens with zero attached hydrogens (tertiary/aromatic N) is 6. The van der Waals surface area contributed by atoms with Gasteiger partial charge in [0, 0.05) is 24.7 Å². The average molecular weight is 612 g/mol. The molecule has 0 radical (unpaired) electrons. The van der Waals surface area contributed by atoms with E-state index in [9.17, 15) is 14.9 Å². The second-order valence-electron chi connectivity index (χ2n) is 11.2. The number of thiazole rings is 1. The van der Waals surface area contributed by atoms with Crippen LogP contribution >= 0.6 is 11.3 Å². The molecule has 0 spiro atoms. The number of aromatic amines is 1. The number of ketones is 1. The van der Waals surface area contributed by atoms with Gasteiger partial charge in [-0.3, -0.25) is 14.5 Å². The largest absolute Gasteiger partial charge is 0.494 e. The van der Waals surface area contributed by atoms with Crippen molar-refractivity contribution in [1.82, 2.24) is 29.7 Å². The van der Waals surface area contributed by atoms with Gasteiger partial charge in [0.2, 0.25) is 0 Å². The molecular weight excluding hydrogens is 574 g/mol. The van der Waals surface area contributed by atoms with Crippen LogP contribution in [-0.4, -0.2) is 95.8 Å². The third kappa shape index (κ3) is 6.73. The van der Waals surface area contributed by atoms with E-state index in [-0.39, 0.29) is 5.56 Å². The molecular formula is C33H37N7O3S. The molecule has 1 amide bonds. The number of pyridine rings is 1. The lowest BCUT2D eigenvalue weighted by atomic mass is 9.93. The number of aromatic nitrogens is 3. The Morgan fingerprint density at radius 3 is 2.57 bits per heavy atom. The molecule has 0 atom stereocenters. The van der Waals surface area contributed by atoms with Gasteiger partial charge >= 0.3 is 0 Å². The van der Waals surface area contributed by atoms with E-state index < -0.39 is 11.7 Å². The van der Waals surface area contributed by atoms with E-state index in [1.54, 1.807) is 28.6 Å². The molecule has 1 aliphatic rings. The fraction of sp³-hybridized carbons (Fsp3) is 0.364. The van der Waals surface area contributed by atoms with Gasteiger partial charge < -0.3 is 19.5 Å². The molecule has 11 heteroatoms. The number of fused-ring (bicyclic) bond motifs is 1. The van der Waals surface area contributed by atoms with Crippen molar-refractivity contribution in [1.29, 1.82) is 5.26 Å². The van der Waals surface area contributed by atoms with Crippen molar-refractivity contribution in [3.8, 4) is 23.2 Å². The number of Topliss-reactive ketones (excluding diaryl/α,β-unsaturated/α-hetero) is 1. The van der Waals surface area contributed by atoms with Gasteiger partial charge in [-0.1, -0.05) is 30.3 Å². The molecule has 0 unspecified atom stereocenters. The number of nitriles is 1. The topological polar surface area (TPSA) is 118 Å². The molecule has 10 nitrogen and oxygen atoms in total. The molecule has 44 heavy (non-hydrogen) atoms. The highest BCUT2D eigenvalue weighted by atomic mass is 32.1. The number of carbonyl (C=O) groups excluding carboxylic acids is 2. The summed E-state index contributed by atoms with van der Waals surface area (Å²) >= 11 is 1.57. The molecule has 1 saturated heterocycles. The first-order valence-electron chi connectivity index (χ1n) is 14.6. The van der Waals surface area contributed by atoms with E-state index in [0.29, 0.717) is 59.5 Å². The minimum absolute atomic E-state index is 0.241. The first-order valence-corrected chi connectivity index (χ1v) is 15.5. The van der Waals surface area contributed by atoms with E-state index in [0.717, 1.165) is 42.2 Å². The summed E-state index contributed by atoms with van der Waals surface area (Å²) in [5, 5.41) is 13.2. The zero-order valence-corrected chi connectivity index (χ0v) is 26.4. The Labute approximate surface area is 261 Å². The number of methoxy groups -OCH3 is 1. The number of H-pyrrole nitrogens is 1. The van der Waals surface area contributed by atoms with Gasteiger partial charge in [0.25, 0.3) is 11.7 Å². The van der Waals surface area contributed by atoms with Crippen molar-refractivity contribution in [2.75, 3.05) is 54.4 Å². The van der Waals surface area contributed by atoms with Crippen molar-refractivity contribution >= 4 is 39.5 Å². The van der Waals surface area contributed by atoms with Crippen LogP contribution in [0.3, 0.4) is 0 Å². The van der Waals surface area contributed by atoms with Gasteiger partial charge in [-0.15, -0.1) is 11.3 Å². The standard InChI is InChI=1S/C33H37N7O3S/c1-38(2)13-8-14-39(3)20-28-37-26(21-44-28)30-31-29(27(43-4)19-36-30)25(18-35-31)32(41)33(42)40-15-11-23(12-16-40)24(17-34)22-9-6-5-7-10-22/h5-7,9-10,18-19,21,35H,8,11-16,20H2,1-4H3. The molecule has 5 rings (SSSR count). The summed E-state index contributed by atoms with van der Waals surface area (Å²) in [6.07, 6.45) is 5.29. The van der Waals surface area contributed by atoms with E-state index in [4.69, 9.17) is 9.72 Å². The SMILES string of the molecule is COc1cnc(-c2csc(CN(C)CCCN(C)C)n2)c2[nH]cc(C(=O)C(=O)N3CCC(=C(C#N)c4ccccc4)CC3)c12. The van der Waals surface area contributed by atoms with Gasteiger partial charge in [0.15, 0.2) is 0 Å². The number of amides is 1. The summed E-state index contributed by atoms with van der Waals surface area (Å²) in [4.78, 5) is 45.7.